The lowest BCUT2D eigenvalue weighted by atomic mass is 10.0. The molecule has 2 rings (SSSR count). The van der Waals surface area contributed by atoms with E-state index in [1.165, 1.54) is 12.1 Å². The predicted octanol–water partition coefficient (Wildman–Crippen LogP) is 2.40. The molecule has 0 atom stereocenters. The van der Waals surface area contributed by atoms with E-state index in [2.05, 4.69) is 5.16 Å². The van der Waals surface area contributed by atoms with E-state index in [1.54, 1.807) is 0 Å². The predicted molar refractivity (Wildman–Crippen MR) is 65.4 cm³/mol. The van der Waals surface area contributed by atoms with Crippen molar-refractivity contribution in [3.63, 3.8) is 0 Å². The summed E-state index contributed by atoms with van der Waals surface area (Å²) in [4.78, 5) is 1.90. The van der Waals surface area contributed by atoms with Crippen molar-refractivity contribution in [3.8, 4) is 0 Å². The van der Waals surface area contributed by atoms with Crippen LogP contribution >= 0.6 is 0 Å². The Kier molecular flexibility index (Phi) is 3.30. The van der Waals surface area contributed by atoms with E-state index in [0.717, 1.165) is 18.9 Å². The van der Waals surface area contributed by atoms with Gasteiger partial charge in [0.25, 0.3) is 0 Å². The van der Waals surface area contributed by atoms with Crippen LogP contribution in [0.1, 0.15) is 24.0 Å². The molecule has 0 heterocycles. The number of halogens is 3. The van der Waals surface area contributed by atoms with E-state index in [1.807, 2.05) is 11.9 Å². The van der Waals surface area contributed by atoms with Crippen LogP contribution in [0.2, 0.25) is 0 Å². The second-order valence-electron chi connectivity index (χ2n) is 4.55. The van der Waals surface area contributed by atoms with Crippen LogP contribution in [-0.2, 0) is 6.18 Å². The number of alkyl halides is 3. The summed E-state index contributed by atoms with van der Waals surface area (Å²) in [7, 11) is 1.82. The molecule has 1 aliphatic rings. The van der Waals surface area contributed by atoms with E-state index in [4.69, 9.17) is 10.9 Å². The smallest absolute Gasteiger partial charge is 0.409 e. The molecule has 1 fully saturated rings. The molecule has 4 nitrogen and oxygen atoms in total. The van der Waals surface area contributed by atoms with Gasteiger partial charge < -0.3 is 15.8 Å². The fourth-order valence-corrected chi connectivity index (χ4v) is 1.94. The standard InChI is InChI=1S/C12H14F3N3O/c1-18(7-2-3-7)8-4-5-10(12(13,14)15)9(6-8)11(16)17-19/h4-7,19H,2-3H2,1H3,(H2,16,17). The zero-order valence-electron chi connectivity index (χ0n) is 10.3. The Morgan fingerprint density at radius 1 is 1.42 bits per heavy atom. The molecule has 0 spiro atoms. The van der Waals surface area contributed by atoms with Gasteiger partial charge in [-0.2, -0.15) is 13.2 Å². The van der Waals surface area contributed by atoms with Crippen LogP contribution in [0.4, 0.5) is 18.9 Å². The van der Waals surface area contributed by atoms with Crippen LogP contribution < -0.4 is 10.6 Å². The Bertz CT molecular complexity index is 509. The molecular formula is C12H14F3N3O. The Morgan fingerprint density at radius 2 is 2.05 bits per heavy atom. The molecule has 1 aromatic rings. The molecule has 0 amide bonds. The summed E-state index contributed by atoms with van der Waals surface area (Å²) in [5.74, 6) is -0.543. The molecule has 0 saturated heterocycles. The van der Waals surface area contributed by atoms with Crippen LogP contribution in [0.3, 0.4) is 0 Å². The van der Waals surface area contributed by atoms with Crippen molar-refractivity contribution in [2.24, 2.45) is 10.9 Å². The molecule has 104 valence electrons. The normalized spacial score (nSPS) is 16.5. The molecule has 0 bridgehead atoms. The molecular weight excluding hydrogens is 259 g/mol. The Morgan fingerprint density at radius 3 is 2.53 bits per heavy atom. The summed E-state index contributed by atoms with van der Waals surface area (Å²) in [6, 6.07) is 4.02. The third-order valence-electron chi connectivity index (χ3n) is 3.19. The Labute approximate surface area is 108 Å². The van der Waals surface area contributed by atoms with Gasteiger partial charge in [-0.15, -0.1) is 0 Å². The summed E-state index contributed by atoms with van der Waals surface area (Å²) in [6.07, 6.45) is -2.49. The summed E-state index contributed by atoms with van der Waals surface area (Å²) in [6.45, 7) is 0. The number of hydrogen-bond donors (Lipinski definition) is 2. The minimum atomic E-state index is -4.54. The SMILES string of the molecule is CN(c1ccc(C(F)(F)F)c(/C(N)=N/O)c1)C1CC1. The third-order valence-corrected chi connectivity index (χ3v) is 3.19. The fraction of sp³-hybridized carbons (Fsp3) is 0.417. The van der Waals surface area contributed by atoms with Gasteiger partial charge in [-0.05, 0) is 31.0 Å². The molecule has 1 aliphatic carbocycles. The maximum absolute atomic E-state index is 12.8. The molecule has 0 unspecified atom stereocenters. The largest absolute Gasteiger partial charge is 0.417 e. The maximum Gasteiger partial charge on any atom is 0.417 e. The second kappa shape index (κ2) is 4.64. The van der Waals surface area contributed by atoms with Crippen LogP contribution in [-0.4, -0.2) is 24.1 Å². The van der Waals surface area contributed by atoms with Crippen molar-refractivity contribution in [2.75, 3.05) is 11.9 Å². The fourth-order valence-electron chi connectivity index (χ4n) is 1.94. The number of rotatable bonds is 3. The van der Waals surface area contributed by atoms with Gasteiger partial charge in [0.2, 0.25) is 0 Å². The number of amidine groups is 1. The van der Waals surface area contributed by atoms with Crippen LogP contribution in [0, 0.1) is 0 Å². The van der Waals surface area contributed by atoms with E-state index in [-0.39, 0.29) is 5.56 Å². The summed E-state index contributed by atoms with van der Waals surface area (Å²) in [5, 5.41) is 11.3. The number of nitrogens with two attached hydrogens (primary N) is 1. The van der Waals surface area contributed by atoms with Gasteiger partial charge in [0, 0.05) is 24.3 Å². The molecule has 19 heavy (non-hydrogen) atoms. The van der Waals surface area contributed by atoms with Gasteiger partial charge in [-0.1, -0.05) is 5.16 Å². The van der Waals surface area contributed by atoms with Crippen molar-refractivity contribution >= 4 is 11.5 Å². The van der Waals surface area contributed by atoms with Crippen molar-refractivity contribution in [2.45, 2.75) is 25.1 Å². The topological polar surface area (TPSA) is 61.8 Å². The van der Waals surface area contributed by atoms with Gasteiger partial charge in [0.05, 0.1) is 5.56 Å². The maximum atomic E-state index is 12.8. The van der Waals surface area contributed by atoms with Gasteiger partial charge in [-0.25, -0.2) is 0 Å². The van der Waals surface area contributed by atoms with E-state index in [0.29, 0.717) is 11.7 Å². The third kappa shape index (κ3) is 2.74. The van der Waals surface area contributed by atoms with Crippen LogP contribution in [0.5, 0.6) is 0 Å². The zero-order chi connectivity index (χ0) is 14.2. The lowest BCUT2D eigenvalue weighted by molar-refractivity contribution is -0.137. The quantitative estimate of drug-likeness (QED) is 0.385. The lowest BCUT2D eigenvalue weighted by Crippen LogP contribution is -2.23. The average molecular weight is 273 g/mol. The minimum absolute atomic E-state index is 0.306. The molecule has 0 aliphatic heterocycles. The highest BCUT2D eigenvalue weighted by Gasteiger charge is 2.35. The first-order valence-electron chi connectivity index (χ1n) is 5.76. The first-order valence-corrected chi connectivity index (χ1v) is 5.76. The molecule has 0 aromatic heterocycles. The van der Waals surface area contributed by atoms with Gasteiger partial charge in [0.1, 0.15) is 0 Å². The minimum Gasteiger partial charge on any atom is -0.409 e. The highest BCUT2D eigenvalue weighted by atomic mass is 19.4. The van der Waals surface area contributed by atoms with Crippen molar-refractivity contribution in [1.82, 2.24) is 0 Å². The Balaban J connectivity index is 2.47. The zero-order valence-corrected chi connectivity index (χ0v) is 10.3. The van der Waals surface area contributed by atoms with Crippen LogP contribution in [0.15, 0.2) is 23.4 Å². The molecule has 1 saturated carbocycles. The van der Waals surface area contributed by atoms with Gasteiger partial charge in [-0.3, -0.25) is 0 Å². The van der Waals surface area contributed by atoms with Crippen molar-refractivity contribution in [3.05, 3.63) is 29.3 Å². The van der Waals surface area contributed by atoms with E-state index >= 15 is 0 Å². The first-order chi connectivity index (χ1) is 8.84. The summed E-state index contributed by atoms with van der Waals surface area (Å²) in [5.41, 5.74) is 4.74. The molecule has 1 aromatic carbocycles. The van der Waals surface area contributed by atoms with E-state index in [9.17, 15) is 13.2 Å². The number of hydrogen-bond acceptors (Lipinski definition) is 3. The highest BCUT2D eigenvalue weighted by Crippen LogP contribution is 2.36. The highest BCUT2D eigenvalue weighted by molar-refractivity contribution is 5.99. The van der Waals surface area contributed by atoms with Crippen molar-refractivity contribution < 1.29 is 18.4 Å². The number of oxime groups is 1. The molecule has 7 heteroatoms. The molecule has 3 N–H and O–H groups in total. The number of nitrogens with zero attached hydrogens (tertiary/aromatic N) is 2. The summed E-state index contributed by atoms with van der Waals surface area (Å²) < 4.78 is 38.5. The van der Waals surface area contributed by atoms with E-state index < -0.39 is 17.6 Å². The van der Waals surface area contributed by atoms with Crippen LogP contribution in [0.25, 0.3) is 0 Å². The van der Waals surface area contributed by atoms with Gasteiger partial charge >= 0.3 is 6.18 Å². The number of benzene rings is 1. The lowest BCUT2D eigenvalue weighted by Gasteiger charge is -2.21. The van der Waals surface area contributed by atoms with Gasteiger partial charge in [0.15, 0.2) is 5.84 Å². The van der Waals surface area contributed by atoms with Crippen molar-refractivity contribution in [1.29, 1.82) is 0 Å². The second-order valence-corrected chi connectivity index (χ2v) is 4.55. The monoisotopic (exact) mass is 273 g/mol. The first kappa shape index (κ1) is 13.5. The number of anilines is 1. The molecule has 0 radical (unpaired) electrons. The Hall–Kier alpha value is -1.92. The average Bonchev–Trinajstić information content (AvgIpc) is 3.19. The summed E-state index contributed by atoms with van der Waals surface area (Å²) >= 11 is 0.